The minimum absolute atomic E-state index is 0.00688. The van der Waals surface area contributed by atoms with E-state index in [2.05, 4.69) is 5.10 Å². The second kappa shape index (κ2) is 5.09. The molecule has 0 unspecified atom stereocenters. The molecular weight excluding hydrogens is 274 g/mol. The third-order valence-electron chi connectivity index (χ3n) is 2.82. The molecule has 1 aromatic carbocycles. The third kappa shape index (κ3) is 2.26. The molecule has 0 spiro atoms. The fraction of sp³-hybridized carbons (Fsp3) is 0.231. The fourth-order valence-corrected chi connectivity index (χ4v) is 2.04. The van der Waals surface area contributed by atoms with E-state index in [0.29, 0.717) is 6.54 Å². The van der Waals surface area contributed by atoms with Crippen LogP contribution in [0.15, 0.2) is 18.3 Å². The van der Waals surface area contributed by atoms with Crippen molar-refractivity contribution in [3.05, 3.63) is 51.8 Å². The van der Waals surface area contributed by atoms with Gasteiger partial charge in [0, 0.05) is 6.54 Å². The zero-order valence-corrected chi connectivity index (χ0v) is 11.1. The van der Waals surface area contributed by atoms with Gasteiger partial charge in [0.2, 0.25) is 5.78 Å². The summed E-state index contributed by atoms with van der Waals surface area (Å²) < 4.78 is 29.0. The maximum absolute atomic E-state index is 13.9. The van der Waals surface area contributed by atoms with E-state index in [9.17, 15) is 13.6 Å². The molecule has 1 heterocycles. The number of nitrogens with zero attached hydrogens (tertiary/aromatic N) is 2. The van der Waals surface area contributed by atoms with E-state index in [1.165, 1.54) is 23.9 Å². The zero-order chi connectivity index (χ0) is 14.2. The predicted octanol–water partition coefficient (Wildman–Crippen LogP) is 3.37. The van der Waals surface area contributed by atoms with E-state index in [-0.39, 0.29) is 16.3 Å². The number of ketones is 1. The van der Waals surface area contributed by atoms with Crippen LogP contribution in [0, 0.1) is 18.6 Å². The topological polar surface area (TPSA) is 34.9 Å². The Morgan fingerprint density at radius 1 is 1.42 bits per heavy atom. The highest BCUT2D eigenvalue weighted by Crippen LogP contribution is 2.24. The van der Waals surface area contributed by atoms with Crippen LogP contribution < -0.4 is 0 Å². The summed E-state index contributed by atoms with van der Waals surface area (Å²) in [6.45, 7) is 3.59. The first kappa shape index (κ1) is 13.7. The van der Waals surface area contributed by atoms with Gasteiger partial charge >= 0.3 is 0 Å². The smallest absolute Gasteiger partial charge is 0.218 e. The van der Waals surface area contributed by atoms with E-state index >= 15 is 0 Å². The first-order valence-electron chi connectivity index (χ1n) is 5.68. The van der Waals surface area contributed by atoms with Crippen molar-refractivity contribution < 1.29 is 13.6 Å². The number of benzene rings is 1. The van der Waals surface area contributed by atoms with Gasteiger partial charge in [-0.15, -0.1) is 0 Å². The van der Waals surface area contributed by atoms with E-state index in [4.69, 9.17) is 11.6 Å². The van der Waals surface area contributed by atoms with Crippen molar-refractivity contribution in [1.29, 1.82) is 0 Å². The number of carbonyl (C=O) groups is 1. The van der Waals surface area contributed by atoms with E-state index < -0.39 is 23.0 Å². The molecule has 3 nitrogen and oxygen atoms in total. The van der Waals surface area contributed by atoms with Gasteiger partial charge in [-0.2, -0.15) is 5.10 Å². The molecule has 6 heteroatoms. The molecule has 0 aliphatic heterocycles. The van der Waals surface area contributed by atoms with Crippen LogP contribution in [0.3, 0.4) is 0 Å². The third-order valence-corrected chi connectivity index (χ3v) is 3.10. The van der Waals surface area contributed by atoms with Gasteiger partial charge in [-0.3, -0.25) is 9.48 Å². The summed E-state index contributed by atoms with van der Waals surface area (Å²) in [4.78, 5) is 12.3. The van der Waals surface area contributed by atoms with E-state index in [1.807, 2.05) is 0 Å². The number of hydrogen-bond donors (Lipinski definition) is 0. The van der Waals surface area contributed by atoms with Crippen LogP contribution in [0.2, 0.25) is 5.02 Å². The van der Waals surface area contributed by atoms with Gasteiger partial charge in [-0.25, -0.2) is 8.78 Å². The van der Waals surface area contributed by atoms with Crippen molar-refractivity contribution in [1.82, 2.24) is 9.78 Å². The normalized spacial score (nSPS) is 10.8. The van der Waals surface area contributed by atoms with Gasteiger partial charge in [0.05, 0.1) is 16.8 Å². The van der Waals surface area contributed by atoms with Crippen LogP contribution in [0.4, 0.5) is 8.78 Å². The van der Waals surface area contributed by atoms with Gasteiger partial charge in [-0.05, 0) is 25.5 Å². The lowest BCUT2D eigenvalue weighted by Gasteiger charge is -2.08. The number of carbonyl (C=O) groups excluding carboxylic acids is 1. The quantitative estimate of drug-likeness (QED) is 0.810. The lowest BCUT2D eigenvalue weighted by molar-refractivity contribution is 0.102. The number of aromatic nitrogens is 2. The summed E-state index contributed by atoms with van der Waals surface area (Å²) in [5.74, 6) is -2.58. The van der Waals surface area contributed by atoms with Crippen molar-refractivity contribution in [2.75, 3.05) is 0 Å². The summed E-state index contributed by atoms with van der Waals surface area (Å²) in [7, 11) is 0. The van der Waals surface area contributed by atoms with Crippen molar-refractivity contribution >= 4 is 17.4 Å². The molecule has 2 rings (SSSR count). The van der Waals surface area contributed by atoms with E-state index in [0.717, 1.165) is 6.07 Å². The second-order valence-electron chi connectivity index (χ2n) is 4.04. The Morgan fingerprint density at radius 3 is 2.74 bits per heavy atom. The van der Waals surface area contributed by atoms with Crippen molar-refractivity contribution in [3.63, 3.8) is 0 Å². The molecule has 0 radical (unpaired) electrons. The number of hydrogen-bond acceptors (Lipinski definition) is 2. The fourth-order valence-electron chi connectivity index (χ4n) is 1.81. The Bertz CT molecular complexity index is 652. The largest absolute Gasteiger partial charge is 0.287 e. The Hall–Kier alpha value is -1.75. The Kier molecular flexibility index (Phi) is 3.66. The molecule has 0 N–H and O–H groups in total. The minimum atomic E-state index is -0.909. The van der Waals surface area contributed by atoms with Crippen LogP contribution in [0.5, 0.6) is 0 Å². The predicted molar refractivity (Wildman–Crippen MR) is 67.4 cm³/mol. The molecule has 0 bridgehead atoms. The molecule has 0 aliphatic rings. The number of halogens is 3. The Morgan fingerprint density at radius 2 is 2.11 bits per heavy atom. The molecule has 19 heavy (non-hydrogen) atoms. The summed E-state index contributed by atoms with van der Waals surface area (Å²) in [6, 6.07) is 2.34. The van der Waals surface area contributed by atoms with Crippen LogP contribution >= 0.6 is 11.6 Å². The van der Waals surface area contributed by atoms with Crippen LogP contribution in [-0.4, -0.2) is 15.6 Å². The average Bonchev–Trinajstić information content (AvgIpc) is 2.75. The van der Waals surface area contributed by atoms with E-state index in [1.54, 1.807) is 6.92 Å². The molecule has 0 atom stereocenters. The summed E-state index contributed by atoms with van der Waals surface area (Å²) >= 11 is 5.86. The average molecular weight is 285 g/mol. The van der Waals surface area contributed by atoms with Crippen molar-refractivity contribution in [3.8, 4) is 0 Å². The number of rotatable bonds is 3. The van der Waals surface area contributed by atoms with Gasteiger partial charge in [-0.1, -0.05) is 17.7 Å². The molecule has 0 fully saturated rings. The maximum atomic E-state index is 13.9. The highest BCUT2D eigenvalue weighted by atomic mass is 35.5. The standard InChI is InChI=1S/C13H11ClF2N2O/c1-3-18-12(8(14)6-17-18)13(19)10-9(15)5-4-7(2)11(10)16/h4-6H,3H2,1-2H3. The summed E-state index contributed by atoms with van der Waals surface area (Å²) in [5.41, 5.74) is -0.409. The minimum Gasteiger partial charge on any atom is -0.287 e. The SMILES string of the molecule is CCn1ncc(Cl)c1C(=O)c1c(F)ccc(C)c1F. The number of aryl methyl sites for hydroxylation is 2. The molecule has 1 aromatic heterocycles. The monoisotopic (exact) mass is 284 g/mol. The summed E-state index contributed by atoms with van der Waals surface area (Å²) in [5, 5.41) is 3.96. The molecule has 2 aromatic rings. The molecule has 100 valence electrons. The molecule has 0 saturated carbocycles. The Balaban J connectivity index is 2.63. The first-order valence-corrected chi connectivity index (χ1v) is 6.05. The summed E-state index contributed by atoms with van der Waals surface area (Å²) in [6.07, 6.45) is 1.28. The van der Waals surface area contributed by atoms with Crippen LogP contribution in [-0.2, 0) is 6.54 Å². The van der Waals surface area contributed by atoms with Gasteiger partial charge in [0.25, 0.3) is 0 Å². The molecule has 0 aliphatic carbocycles. The molecule has 0 amide bonds. The molecule has 0 saturated heterocycles. The highest BCUT2D eigenvalue weighted by Gasteiger charge is 2.25. The molecular formula is C13H11ClF2N2O. The van der Waals surface area contributed by atoms with Crippen molar-refractivity contribution in [2.24, 2.45) is 0 Å². The zero-order valence-electron chi connectivity index (χ0n) is 10.4. The second-order valence-corrected chi connectivity index (χ2v) is 4.45. The lowest BCUT2D eigenvalue weighted by atomic mass is 10.0. The van der Waals surface area contributed by atoms with Gasteiger partial charge in [0.15, 0.2) is 0 Å². The maximum Gasteiger partial charge on any atom is 0.218 e. The van der Waals surface area contributed by atoms with Gasteiger partial charge < -0.3 is 0 Å². The Labute approximate surface area is 113 Å². The lowest BCUT2D eigenvalue weighted by Crippen LogP contribution is -2.15. The van der Waals surface area contributed by atoms with Crippen molar-refractivity contribution in [2.45, 2.75) is 20.4 Å². The highest BCUT2D eigenvalue weighted by molar-refractivity contribution is 6.34. The van der Waals surface area contributed by atoms with Gasteiger partial charge in [0.1, 0.15) is 17.3 Å². The van der Waals surface area contributed by atoms with Crippen LogP contribution in [0.1, 0.15) is 28.5 Å². The first-order chi connectivity index (χ1) is 8.97. The van der Waals surface area contributed by atoms with Crippen LogP contribution in [0.25, 0.3) is 0 Å².